The Morgan fingerprint density at radius 3 is 2.46 bits per heavy atom. The molecule has 1 rings (SSSR count). The number of benzene rings is 1. The summed E-state index contributed by atoms with van der Waals surface area (Å²) in [5.74, 6) is 0. The van der Waals surface area contributed by atoms with Gasteiger partial charge in [-0.15, -0.1) is 0 Å². The van der Waals surface area contributed by atoms with Crippen LogP contribution in [-0.4, -0.2) is 6.54 Å². The number of unbranched alkanes of at least 4 members (excludes halogenated alkanes) is 2. The van der Waals surface area contributed by atoms with E-state index >= 15 is 0 Å². The summed E-state index contributed by atoms with van der Waals surface area (Å²) in [6, 6.07) is 10.4. The summed E-state index contributed by atoms with van der Waals surface area (Å²) >= 11 is 3.55. The highest BCUT2D eigenvalue weighted by molar-refractivity contribution is 9.08. The van der Waals surface area contributed by atoms with Crippen molar-refractivity contribution in [3.63, 3.8) is 0 Å². The minimum atomic E-state index is 1.08. The molecule has 0 heterocycles. The predicted molar refractivity (Wildman–Crippen MR) is 61.6 cm³/mol. The minimum absolute atomic E-state index is 1.08. The molecular weight excluding hydrogens is 226 g/mol. The van der Waals surface area contributed by atoms with Crippen LogP contribution in [0.3, 0.4) is 0 Å². The summed E-state index contributed by atoms with van der Waals surface area (Å²) in [4.78, 5) is 0. The highest BCUT2D eigenvalue weighted by atomic mass is 79.9. The molecule has 0 aromatic heterocycles. The van der Waals surface area contributed by atoms with E-state index in [1.165, 1.54) is 24.9 Å². The first-order chi connectivity index (χ1) is 6.34. The van der Waals surface area contributed by atoms with Crippen LogP contribution in [0, 0.1) is 0 Å². The maximum Gasteiger partial charge on any atom is 0.293 e. The van der Waals surface area contributed by atoms with E-state index in [1.807, 2.05) is 6.07 Å². The van der Waals surface area contributed by atoms with Gasteiger partial charge in [0.1, 0.15) is 6.54 Å². The van der Waals surface area contributed by atoms with E-state index in [-0.39, 0.29) is 0 Å². The molecule has 1 aromatic carbocycles. The van der Waals surface area contributed by atoms with Gasteiger partial charge in [0, 0.05) is 18.6 Å². The molecule has 0 atom stereocenters. The van der Waals surface area contributed by atoms with Crippen LogP contribution in [0.2, 0.25) is 0 Å². The number of hydrogen-bond donors (Lipinski definition) is 0. The van der Waals surface area contributed by atoms with Gasteiger partial charge >= 0.3 is 0 Å². The van der Waals surface area contributed by atoms with E-state index in [1.54, 1.807) is 0 Å². The SMILES string of the molecule is CCCCC[N+](Br)c1ccccc1. The summed E-state index contributed by atoms with van der Waals surface area (Å²) < 4.78 is 2.13. The molecule has 0 aliphatic carbocycles. The molecule has 1 aromatic rings. The normalized spacial score (nSPS) is 10.7. The topological polar surface area (TPSA) is 5.90 Å². The third kappa shape index (κ3) is 3.92. The van der Waals surface area contributed by atoms with Crippen molar-refractivity contribution in [2.24, 2.45) is 0 Å². The number of rotatable bonds is 5. The fourth-order valence-electron chi connectivity index (χ4n) is 1.22. The van der Waals surface area contributed by atoms with Gasteiger partial charge in [-0.25, -0.2) is 0 Å². The number of hydrogen-bond acceptors (Lipinski definition) is 1. The molecule has 1 nitrogen and oxygen atoms in total. The van der Waals surface area contributed by atoms with E-state index in [4.69, 9.17) is 0 Å². The second-order valence-corrected chi connectivity index (χ2v) is 3.98. The van der Waals surface area contributed by atoms with Gasteiger partial charge in [-0.3, -0.25) is 0 Å². The minimum Gasteiger partial charge on any atom is -0.0654 e. The molecule has 0 bridgehead atoms. The smallest absolute Gasteiger partial charge is 0.0654 e. The maximum atomic E-state index is 3.55. The standard InChI is InChI=1S/C11H16BrN/c1-2-3-7-10-13(12)11-8-5-4-6-9-11/h4-6,8-9H,2-3,7,10H2,1H3/q+1. The van der Waals surface area contributed by atoms with Crippen LogP contribution in [0.4, 0.5) is 5.69 Å². The first-order valence-electron chi connectivity index (χ1n) is 4.83. The number of halogens is 1. The molecule has 2 heteroatoms. The Bertz CT molecular complexity index is 223. The molecule has 0 saturated heterocycles. The molecule has 13 heavy (non-hydrogen) atoms. The Morgan fingerprint density at radius 1 is 1.15 bits per heavy atom. The van der Waals surface area contributed by atoms with Crippen molar-refractivity contribution in [1.29, 1.82) is 0 Å². The van der Waals surface area contributed by atoms with Crippen molar-refractivity contribution >= 4 is 21.8 Å². The van der Waals surface area contributed by atoms with Gasteiger partial charge in [0.2, 0.25) is 0 Å². The average Bonchev–Trinajstić information content (AvgIpc) is 2.19. The van der Waals surface area contributed by atoms with Crippen LogP contribution < -0.4 is 3.93 Å². The van der Waals surface area contributed by atoms with Crippen LogP contribution >= 0.6 is 16.1 Å². The van der Waals surface area contributed by atoms with Gasteiger partial charge in [-0.05, 0) is 6.42 Å². The molecular formula is C11H16BrN+. The van der Waals surface area contributed by atoms with Crippen LogP contribution in [0.1, 0.15) is 26.2 Å². The van der Waals surface area contributed by atoms with Crippen molar-refractivity contribution in [3.05, 3.63) is 30.3 Å². The van der Waals surface area contributed by atoms with Crippen LogP contribution in [0.25, 0.3) is 0 Å². The lowest BCUT2D eigenvalue weighted by molar-refractivity contribution is 0.661. The Hall–Kier alpha value is -0.340. The Kier molecular flexibility index (Phi) is 5.09. The van der Waals surface area contributed by atoms with Crippen molar-refractivity contribution in [3.8, 4) is 0 Å². The van der Waals surface area contributed by atoms with Crippen molar-refractivity contribution in [2.45, 2.75) is 26.2 Å². The Balaban J connectivity index is 2.35. The number of para-hydroxylation sites is 1. The van der Waals surface area contributed by atoms with Gasteiger partial charge in [-0.2, -0.15) is 0 Å². The van der Waals surface area contributed by atoms with E-state index < -0.39 is 0 Å². The first-order valence-corrected chi connectivity index (χ1v) is 5.54. The monoisotopic (exact) mass is 241 g/mol. The first kappa shape index (κ1) is 10.7. The molecule has 71 valence electrons. The predicted octanol–water partition coefficient (Wildman–Crippen LogP) is 3.96. The van der Waals surface area contributed by atoms with Crippen LogP contribution in [0.5, 0.6) is 0 Å². The third-order valence-corrected chi connectivity index (χ3v) is 2.76. The quantitative estimate of drug-likeness (QED) is 0.544. The zero-order chi connectivity index (χ0) is 9.52. The number of nitrogens with zero attached hydrogens (tertiary/aromatic N) is 1. The highest BCUT2D eigenvalue weighted by Crippen LogP contribution is 2.16. The molecule has 0 fully saturated rings. The average molecular weight is 242 g/mol. The summed E-state index contributed by atoms with van der Waals surface area (Å²) in [7, 11) is 0. The largest absolute Gasteiger partial charge is 0.293 e. The van der Waals surface area contributed by atoms with E-state index in [0.717, 1.165) is 6.54 Å². The lowest BCUT2D eigenvalue weighted by Crippen LogP contribution is -2.11. The molecule has 0 amide bonds. The van der Waals surface area contributed by atoms with Gasteiger partial charge in [0.15, 0.2) is 5.69 Å². The second-order valence-electron chi connectivity index (χ2n) is 3.13. The lowest BCUT2D eigenvalue weighted by Gasteiger charge is -2.01. The molecule has 0 saturated carbocycles. The van der Waals surface area contributed by atoms with Crippen molar-refractivity contribution < 1.29 is 0 Å². The zero-order valence-electron chi connectivity index (χ0n) is 8.04. The summed E-state index contributed by atoms with van der Waals surface area (Å²) in [5.41, 5.74) is 1.23. The van der Waals surface area contributed by atoms with Gasteiger partial charge in [-0.1, -0.05) is 35.5 Å². The lowest BCUT2D eigenvalue weighted by atomic mass is 10.2. The van der Waals surface area contributed by atoms with Gasteiger partial charge in [0.25, 0.3) is 16.1 Å². The van der Waals surface area contributed by atoms with Gasteiger partial charge < -0.3 is 0 Å². The Morgan fingerprint density at radius 2 is 1.85 bits per heavy atom. The van der Waals surface area contributed by atoms with Crippen molar-refractivity contribution in [2.75, 3.05) is 6.54 Å². The zero-order valence-corrected chi connectivity index (χ0v) is 9.63. The third-order valence-electron chi connectivity index (χ3n) is 1.99. The molecule has 0 N–H and O–H groups in total. The summed E-state index contributed by atoms with van der Waals surface area (Å²) in [6.45, 7) is 3.30. The number of anilines is 1. The summed E-state index contributed by atoms with van der Waals surface area (Å²) in [5, 5.41) is 0. The fraction of sp³-hybridized carbons (Fsp3) is 0.455. The summed E-state index contributed by atoms with van der Waals surface area (Å²) in [6.07, 6.45) is 3.82. The Labute approximate surface area is 89.1 Å². The van der Waals surface area contributed by atoms with Gasteiger partial charge in [0.05, 0.1) is 0 Å². The fourth-order valence-corrected chi connectivity index (χ4v) is 1.71. The molecule has 0 aliphatic rings. The van der Waals surface area contributed by atoms with Crippen LogP contribution in [0.15, 0.2) is 30.3 Å². The molecule has 1 radical (unpaired) electrons. The molecule has 0 spiro atoms. The van der Waals surface area contributed by atoms with E-state index in [9.17, 15) is 0 Å². The van der Waals surface area contributed by atoms with Crippen molar-refractivity contribution in [1.82, 2.24) is 3.93 Å². The highest BCUT2D eigenvalue weighted by Gasteiger charge is 2.13. The van der Waals surface area contributed by atoms with Crippen LogP contribution in [-0.2, 0) is 0 Å². The second kappa shape index (κ2) is 6.17. The van der Waals surface area contributed by atoms with E-state index in [2.05, 4.69) is 51.3 Å². The maximum absolute atomic E-state index is 3.55. The van der Waals surface area contributed by atoms with E-state index in [0.29, 0.717) is 0 Å². The molecule has 0 unspecified atom stereocenters. The molecule has 0 aliphatic heterocycles.